The zero-order valence-electron chi connectivity index (χ0n) is 12.3. The first-order chi connectivity index (χ1) is 10.1. The molecular formula is C15H22N2O3S. The zero-order chi connectivity index (χ0) is 15.2. The number of likely N-dealkylation sites (tertiary alicyclic amines) is 1. The van der Waals surface area contributed by atoms with Crippen LogP contribution in [0.25, 0.3) is 0 Å². The highest BCUT2D eigenvalue weighted by molar-refractivity contribution is 7.85. The number of methoxy groups -OCH3 is 1. The quantitative estimate of drug-likeness (QED) is 0.861. The van der Waals surface area contributed by atoms with Crippen molar-refractivity contribution in [2.45, 2.75) is 30.6 Å². The maximum Gasteiger partial charge on any atom is 0.235 e. The Morgan fingerprint density at radius 2 is 1.95 bits per heavy atom. The second kappa shape index (κ2) is 7.45. The van der Waals surface area contributed by atoms with Crippen LogP contribution in [0.4, 0.5) is 5.69 Å². The molecule has 1 heterocycles. The molecule has 0 bridgehead atoms. The van der Waals surface area contributed by atoms with E-state index in [2.05, 4.69) is 0 Å². The second-order valence-electron chi connectivity index (χ2n) is 5.20. The van der Waals surface area contributed by atoms with Crippen molar-refractivity contribution in [3.63, 3.8) is 0 Å². The molecule has 0 aliphatic carbocycles. The lowest BCUT2D eigenvalue weighted by Gasteiger charge is -2.20. The molecule has 0 spiro atoms. The van der Waals surface area contributed by atoms with Crippen molar-refractivity contribution in [3.05, 3.63) is 18.2 Å². The first kappa shape index (κ1) is 15.8. The highest BCUT2D eigenvalue weighted by Crippen LogP contribution is 2.25. The summed E-state index contributed by atoms with van der Waals surface area (Å²) in [6.45, 7) is 1.55. The van der Waals surface area contributed by atoms with Gasteiger partial charge in [-0.05, 0) is 25.0 Å². The molecule has 21 heavy (non-hydrogen) atoms. The Morgan fingerprint density at radius 3 is 2.57 bits per heavy atom. The maximum atomic E-state index is 12.4. The number of nitrogen functional groups attached to an aromatic ring is 1. The van der Waals surface area contributed by atoms with E-state index in [1.165, 1.54) is 20.0 Å². The number of hydrogen-bond acceptors (Lipinski definition) is 4. The van der Waals surface area contributed by atoms with Gasteiger partial charge in [-0.25, -0.2) is 0 Å². The van der Waals surface area contributed by atoms with Crippen molar-refractivity contribution in [2.24, 2.45) is 0 Å². The van der Waals surface area contributed by atoms with Gasteiger partial charge in [0.1, 0.15) is 11.5 Å². The minimum Gasteiger partial charge on any atom is -0.495 e. The number of amides is 1. The van der Waals surface area contributed by atoms with E-state index in [1.807, 2.05) is 4.90 Å². The SMILES string of the molecule is COc1cc(N)ccc1S(=O)CC(=O)N1CCCCCC1. The summed E-state index contributed by atoms with van der Waals surface area (Å²) >= 11 is 0. The van der Waals surface area contributed by atoms with Crippen LogP contribution in [0.1, 0.15) is 25.7 Å². The summed E-state index contributed by atoms with van der Waals surface area (Å²) < 4.78 is 17.6. The zero-order valence-corrected chi connectivity index (χ0v) is 13.2. The Bertz CT molecular complexity index is 526. The topological polar surface area (TPSA) is 72.6 Å². The lowest BCUT2D eigenvalue weighted by atomic mass is 10.2. The number of nitrogens with two attached hydrogens (primary N) is 1. The molecule has 6 heteroatoms. The Hall–Kier alpha value is -1.56. The van der Waals surface area contributed by atoms with Crippen LogP contribution in [0.3, 0.4) is 0 Å². The van der Waals surface area contributed by atoms with Crippen LogP contribution in [0.5, 0.6) is 5.75 Å². The van der Waals surface area contributed by atoms with Crippen molar-refractivity contribution in [1.29, 1.82) is 0 Å². The summed E-state index contributed by atoms with van der Waals surface area (Å²) in [6, 6.07) is 4.97. The van der Waals surface area contributed by atoms with Crippen LogP contribution in [0.15, 0.2) is 23.1 Å². The van der Waals surface area contributed by atoms with Crippen LogP contribution in [-0.4, -0.2) is 41.0 Å². The molecule has 1 atom stereocenters. The van der Waals surface area contributed by atoms with E-state index in [9.17, 15) is 9.00 Å². The number of carbonyl (C=O) groups excluding carboxylic acids is 1. The highest BCUT2D eigenvalue weighted by atomic mass is 32.2. The molecule has 1 aliphatic heterocycles. The van der Waals surface area contributed by atoms with E-state index >= 15 is 0 Å². The Kier molecular flexibility index (Phi) is 5.61. The molecular weight excluding hydrogens is 288 g/mol. The summed E-state index contributed by atoms with van der Waals surface area (Å²) in [6.07, 6.45) is 4.39. The number of rotatable bonds is 4. The summed E-state index contributed by atoms with van der Waals surface area (Å²) in [5.41, 5.74) is 6.23. The van der Waals surface area contributed by atoms with Crippen molar-refractivity contribution in [1.82, 2.24) is 4.90 Å². The number of nitrogens with zero attached hydrogens (tertiary/aromatic N) is 1. The molecule has 2 rings (SSSR count). The van der Waals surface area contributed by atoms with Crippen LogP contribution in [-0.2, 0) is 15.6 Å². The fourth-order valence-corrected chi connectivity index (χ4v) is 3.62. The largest absolute Gasteiger partial charge is 0.495 e. The molecule has 1 fully saturated rings. The normalized spacial score (nSPS) is 17.1. The molecule has 0 aromatic heterocycles. The number of benzene rings is 1. The Morgan fingerprint density at radius 1 is 1.29 bits per heavy atom. The Labute approximate surface area is 127 Å². The lowest BCUT2D eigenvalue weighted by molar-refractivity contribution is -0.128. The third-order valence-corrected chi connectivity index (χ3v) is 4.98. The summed E-state index contributed by atoms with van der Waals surface area (Å²) in [5.74, 6) is 0.423. The second-order valence-corrected chi connectivity index (χ2v) is 6.61. The van der Waals surface area contributed by atoms with Gasteiger partial charge in [-0.1, -0.05) is 12.8 Å². The molecule has 2 N–H and O–H groups in total. The maximum absolute atomic E-state index is 12.4. The predicted octanol–water partition coefficient (Wildman–Crippen LogP) is 1.79. The Balaban J connectivity index is 2.05. The molecule has 1 aliphatic rings. The van der Waals surface area contributed by atoms with E-state index in [0.29, 0.717) is 16.3 Å². The minimum absolute atomic E-state index is 0.000276. The number of ether oxygens (including phenoxy) is 1. The van der Waals surface area contributed by atoms with E-state index < -0.39 is 10.8 Å². The molecule has 116 valence electrons. The fourth-order valence-electron chi connectivity index (χ4n) is 2.47. The van der Waals surface area contributed by atoms with Gasteiger partial charge in [-0.15, -0.1) is 0 Å². The molecule has 1 aromatic rings. The fraction of sp³-hybridized carbons (Fsp3) is 0.533. The van der Waals surface area contributed by atoms with Crippen LogP contribution in [0.2, 0.25) is 0 Å². The summed E-state index contributed by atoms with van der Waals surface area (Å²) in [5, 5.41) is 0. The smallest absolute Gasteiger partial charge is 0.235 e. The summed E-state index contributed by atoms with van der Waals surface area (Å²) in [4.78, 5) is 14.6. The van der Waals surface area contributed by atoms with Crippen LogP contribution >= 0.6 is 0 Å². The predicted molar refractivity (Wildman–Crippen MR) is 83.7 cm³/mol. The van der Waals surface area contributed by atoms with E-state index in [4.69, 9.17) is 10.5 Å². The van der Waals surface area contributed by atoms with Crippen molar-refractivity contribution < 1.29 is 13.7 Å². The van der Waals surface area contributed by atoms with E-state index in [1.54, 1.807) is 18.2 Å². The molecule has 1 saturated heterocycles. The van der Waals surface area contributed by atoms with E-state index in [-0.39, 0.29) is 11.7 Å². The van der Waals surface area contributed by atoms with Gasteiger partial charge in [0.25, 0.3) is 0 Å². The van der Waals surface area contributed by atoms with Gasteiger partial charge in [0.2, 0.25) is 5.91 Å². The van der Waals surface area contributed by atoms with Crippen molar-refractivity contribution in [2.75, 3.05) is 31.7 Å². The van der Waals surface area contributed by atoms with Crippen LogP contribution < -0.4 is 10.5 Å². The molecule has 1 aromatic carbocycles. The minimum atomic E-state index is -1.41. The number of carbonyl (C=O) groups is 1. The third-order valence-electron chi connectivity index (χ3n) is 3.65. The molecule has 1 amide bonds. The van der Waals surface area contributed by atoms with Crippen molar-refractivity contribution in [3.8, 4) is 5.75 Å². The molecule has 5 nitrogen and oxygen atoms in total. The molecule has 1 unspecified atom stereocenters. The van der Waals surface area contributed by atoms with Crippen molar-refractivity contribution >= 4 is 22.4 Å². The monoisotopic (exact) mass is 310 g/mol. The van der Waals surface area contributed by atoms with Crippen LogP contribution in [0, 0.1) is 0 Å². The third kappa shape index (κ3) is 4.20. The first-order valence-electron chi connectivity index (χ1n) is 7.21. The number of hydrogen-bond donors (Lipinski definition) is 1. The average molecular weight is 310 g/mol. The highest BCUT2D eigenvalue weighted by Gasteiger charge is 2.20. The van der Waals surface area contributed by atoms with Gasteiger partial charge in [0.15, 0.2) is 0 Å². The average Bonchev–Trinajstić information content (AvgIpc) is 2.75. The van der Waals surface area contributed by atoms with Gasteiger partial charge in [0.05, 0.1) is 22.8 Å². The van der Waals surface area contributed by atoms with Gasteiger partial charge in [-0.2, -0.15) is 0 Å². The van der Waals surface area contributed by atoms with Gasteiger partial charge in [0, 0.05) is 24.8 Å². The molecule has 0 saturated carbocycles. The number of anilines is 1. The van der Waals surface area contributed by atoms with Gasteiger partial charge in [-0.3, -0.25) is 9.00 Å². The first-order valence-corrected chi connectivity index (χ1v) is 8.53. The van der Waals surface area contributed by atoms with Gasteiger partial charge < -0.3 is 15.4 Å². The standard InChI is InChI=1S/C15H22N2O3S/c1-20-13-10-12(16)6-7-14(13)21(19)11-15(18)17-8-4-2-3-5-9-17/h6-7,10H,2-5,8-9,11,16H2,1H3. The van der Waals surface area contributed by atoms with Gasteiger partial charge >= 0.3 is 0 Å². The lowest BCUT2D eigenvalue weighted by Crippen LogP contribution is -2.35. The van der Waals surface area contributed by atoms with E-state index in [0.717, 1.165) is 25.9 Å². The summed E-state index contributed by atoms with van der Waals surface area (Å²) in [7, 11) is 0.0937. The molecule has 0 radical (unpaired) electrons.